The number of rotatable bonds is 4. The third-order valence-electron chi connectivity index (χ3n) is 2.41. The Morgan fingerprint density at radius 1 is 1.53 bits per heavy atom. The summed E-state index contributed by atoms with van der Waals surface area (Å²) in [5, 5.41) is 29.2. The Hall–Kier alpha value is -1.37. The smallest absolute Gasteiger partial charge is 0.313 e. The maximum absolute atomic E-state index is 10.7. The van der Waals surface area contributed by atoms with Crippen LogP contribution in [0.5, 0.6) is 5.75 Å². The molecule has 1 rings (SSSR count). The predicted octanol–water partition coefficient (Wildman–Crippen LogP) is 1.41. The van der Waals surface area contributed by atoms with Crippen LogP contribution in [0.3, 0.4) is 0 Å². The van der Waals surface area contributed by atoms with Crippen LogP contribution in [-0.2, 0) is 0 Å². The molecule has 96 valence electrons. The zero-order valence-corrected chi connectivity index (χ0v) is 10.1. The molecule has 0 radical (unpaired) electrons. The van der Waals surface area contributed by atoms with E-state index in [1.165, 1.54) is 12.1 Å². The van der Waals surface area contributed by atoms with Crippen LogP contribution in [0.25, 0.3) is 0 Å². The van der Waals surface area contributed by atoms with E-state index < -0.39 is 16.7 Å². The highest BCUT2D eigenvalue weighted by atomic mass is 35.5. The minimum Gasteiger partial charge on any atom is -0.502 e. The topological polar surface area (TPSA) is 110 Å². The lowest BCUT2D eigenvalue weighted by molar-refractivity contribution is -0.386. The number of nitrogens with zero attached hydrogens (tertiary/aromatic N) is 1. The second kappa shape index (κ2) is 6.39. The van der Waals surface area contributed by atoms with E-state index in [9.17, 15) is 15.2 Å². The molecule has 0 fully saturated rings. The van der Waals surface area contributed by atoms with Crippen LogP contribution in [0.2, 0.25) is 0 Å². The Bertz CT molecular complexity index is 412. The predicted molar refractivity (Wildman–Crippen MR) is 65.4 cm³/mol. The summed E-state index contributed by atoms with van der Waals surface area (Å²) in [5.74, 6) is -0.411. The zero-order chi connectivity index (χ0) is 12.3. The van der Waals surface area contributed by atoms with Gasteiger partial charge in [-0.2, -0.15) is 0 Å². The normalized spacial score (nSPS) is 11.7. The van der Waals surface area contributed by atoms with Gasteiger partial charge in [-0.25, -0.2) is 0 Å². The lowest BCUT2D eigenvalue weighted by atomic mass is 10.0. The number of phenols is 1. The molecule has 4 N–H and O–H groups in total. The van der Waals surface area contributed by atoms with Crippen molar-refractivity contribution in [3.8, 4) is 5.75 Å². The molecule has 1 aromatic rings. The molecule has 0 bridgehead atoms. The number of hydrogen-bond acceptors (Lipinski definition) is 5. The van der Waals surface area contributed by atoms with Crippen molar-refractivity contribution in [1.82, 2.24) is 0 Å². The zero-order valence-electron chi connectivity index (χ0n) is 9.29. The molecular weight excluding hydrogens is 248 g/mol. The number of phenolic OH excluding ortho intramolecular Hbond substituents is 1. The quantitative estimate of drug-likeness (QED) is 0.561. The largest absolute Gasteiger partial charge is 0.502 e. The average Bonchev–Trinajstić information content (AvgIpc) is 2.17. The number of nitro benzene ring substituents is 1. The van der Waals surface area contributed by atoms with Crippen molar-refractivity contribution < 1.29 is 15.1 Å². The first kappa shape index (κ1) is 15.6. The maximum atomic E-state index is 10.7. The highest BCUT2D eigenvalue weighted by Gasteiger charge is 2.22. The van der Waals surface area contributed by atoms with Gasteiger partial charge in [0.25, 0.3) is 0 Å². The number of nitro groups is 1. The van der Waals surface area contributed by atoms with Crippen LogP contribution in [0.4, 0.5) is 5.69 Å². The molecule has 0 spiro atoms. The molecule has 0 aromatic heterocycles. The van der Waals surface area contributed by atoms with Gasteiger partial charge in [0.05, 0.1) is 4.92 Å². The molecule has 0 amide bonds. The fraction of sp³-hybridized carbons (Fsp3) is 0.400. The van der Waals surface area contributed by atoms with Crippen molar-refractivity contribution in [3.63, 3.8) is 0 Å². The standard InChI is InChI=1S/C10H14N2O4.ClH/c1-6-2-3-7(8(11)4-5-13)10(14)9(6)12(15)16;/h2-3,8,13-14H,4-5,11H2,1H3;1H/t8-;/m1./s1. The van der Waals surface area contributed by atoms with Crippen LogP contribution in [0.1, 0.15) is 23.6 Å². The van der Waals surface area contributed by atoms with Crippen LogP contribution in [0.15, 0.2) is 12.1 Å². The van der Waals surface area contributed by atoms with Crippen LogP contribution < -0.4 is 5.73 Å². The van der Waals surface area contributed by atoms with Crippen molar-refractivity contribution in [3.05, 3.63) is 33.4 Å². The molecule has 0 aliphatic carbocycles. The van der Waals surface area contributed by atoms with Crippen molar-refractivity contribution in [2.45, 2.75) is 19.4 Å². The summed E-state index contributed by atoms with van der Waals surface area (Å²) < 4.78 is 0. The Labute approximate surface area is 105 Å². The first-order valence-electron chi connectivity index (χ1n) is 4.82. The van der Waals surface area contributed by atoms with Gasteiger partial charge >= 0.3 is 5.69 Å². The molecule has 17 heavy (non-hydrogen) atoms. The highest BCUT2D eigenvalue weighted by molar-refractivity contribution is 5.85. The van der Waals surface area contributed by atoms with E-state index in [0.717, 1.165) is 0 Å². The summed E-state index contributed by atoms with van der Waals surface area (Å²) in [6.45, 7) is 1.40. The fourth-order valence-electron chi connectivity index (χ4n) is 1.52. The molecule has 1 aromatic carbocycles. The minimum absolute atomic E-state index is 0. The molecular formula is C10H15ClN2O4. The molecule has 6 nitrogen and oxygen atoms in total. The molecule has 0 saturated carbocycles. The highest BCUT2D eigenvalue weighted by Crippen LogP contribution is 2.36. The Kier molecular flexibility index (Phi) is 5.87. The van der Waals surface area contributed by atoms with Gasteiger partial charge < -0.3 is 15.9 Å². The molecule has 0 heterocycles. The number of aryl methyl sites for hydroxylation is 1. The SMILES string of the molecule is Cc1ccc([C@H](N)CCO)c(O)c1[N+](=O)[O-].Cl. The molecule has 0 aliphatic rings. The van der Waals surface area contributed by atoms with Gasteiger partial charge in [0.1, 0.15) is 0 Å². The second-order valence-corrected chi connectivity index (χ2v) is 3.54. The maximum Gasteiger partial charge on any atom is 0.313 e. The third kappa shape index (κ3) is 3.29. The first-order chi connectivity index (χ1) is 7.49. The van der Waals surface area contributed by atoms with Gasteiger partial charge in [-0.1, -0.05) is 12.1 Å². The number of halogens is 1. The van der Waals surface area contributed by atoms with E-state index in [2.05, 4.69) is 0 Å². The van der Waals surface area contributed by atoms with Crippen molar-refractivity contribution in [1.29, 1.82) is 0 Å². The van der Waals surface area contributed by atoms with Gasteiger partial charge in [0.2, 0.25) is 0 Å². The lowest BCUT2D eigenvalue weighted by Crippen LogP contribution is -2.12. The molecule has 7 heteroatoms. The summed E-state index contributed by atoms with van der Waals surface area (Å²) in [7, 11) is 0. The molecule has 0 saturated heterocycles. The lowest BCUT2D eigenvalue weighted by Gasteiger charge is -2.12. The summed E-state index contributed by atoms with van der Waals surface area (Å²) >= 11 is 0. The number of aliphatic hydroxyl groups is 1. The second-order valence-electron chi connectivity index (χ2n) is 3.54. The fourth-order valence-corrected chi connectivity index (χ4v) is 1.52. The average molecular weight is 263 g/mol. The van der Waals surface area contributed by atoms with Crippen molar-refractivity contribution >= 4 is 18.1 Å². The Morgan fingerprint density at radius 3 is 2.59 bits per heavy atom. The van der Waals surface area contributed by atoms with E-state index in [-0.39, 0.29) is 36.7 Å². The Morgan fingerprint density at radius 2 is 2.12 bits per heavy atom. The summed E-state index contributed by atoms with van der Waals surface area (Å²) in [6.07, 6.45) is 0.244. The van der Waals surface area contributed by atoms with E-state index in [1.54, 1.807) is 6.92 Å². The van der Waals surface area contributed by atoms with Crippen LogP contribution >= 0.6 is 12.4 Å². The monoisotopic (exact) mass is 262 g/mol. The van der Waals surface area contributed by atoms with E-state index in [0.29, 0.717) is 5.56 Å². The van der Waals surface area contributed by atoms with Gasteiger partial charge in [-0.05, 0) is 13.3 Å². The van der Waals surface area contributed by atoms with E-state index in [1.807, 2.05) is 0 Å². The van der Waals surface area contributed by atoms with Crippen molar-refractivity contribution in [2.24, 2.45) is 5.73 Å². The van der Waals surface area contributed by atoms with Gasteiger partial charge in [0, 0.05) is 23.8 Å². The Balaban J connectivity index is 0.00000256. The minimum atomic E-state index is -0.639. The first-order valence-corrected chi connectivity index (χ1v) is 4.82. The molecule has 0 unspecified atom stereocenters. The summed E-state index contributed by atoms with van der Waals surface area (Å²) in [4.78, 5) is 10.1. The summed E-state index contributed by atoms with van der Waals surface area (Å²) in [5.41, 5.74) is 6.02. The molecule has 1 atom stereocenters. The molecule has 0 aliphatic heterocycles. The number of hydrogen-bond donors (Lipinski definition) is 3. The van der Waals surface area contributed by atoms with E-state index >= 15 is 0 Å². The van der Waals surface area contributed by atoms with Gasteiger partial charge in [0.15, 0.2) is 5.75 Å². The number of benzene rings is 1. The van der Waals surface area contributed by atoms with Gasteiger partial charge in [-0.15, -0.1) is 12.4 Å². The van der Waals surface area contributed by atoms with Crippen molar-refractivity contribution in [2.75, 3.05) is 6.61 Å². The van der Waals surface area contributed by atoms with Crippen LogP contribution in [0, 0.1) is 17.0 Å². The number of aromatic hydroxyl groups is 1. The van der Waals surface area contributed by atoms with Crippen LogP contribution in [-0.4, -0.2) is 21.7 Å². The van der Waals surface area contributed by atoms with E-state index in [4.69, 9.17) is 10.8 Å². The summed E-state index contributed by atoms with van der Waals surface area (Å²) in [6, 6.07) is 2.46. The number of aliphatic hydroxyl groups excluding tert-OH is 1. The third-order valence-corrected chi connectivity index (χ3v) is 2.41. The number of nitrogens with two attached hydrogens (primary N) is 1. The van der Waals surface area contributed by atoms with Gasteiger partial charge in [-0.3, -0.25) is 10.1 Å².